The predicted octanol–water partition coefficient (Wildman–Crippen LogP) is 3.95. The minimum Gasteiger partial charge on any atom is -0.324 e. The molecule has 98 valence electrons. The highest BCUT2D eigenvalue weighted by Gasteiger charge is 2.39. The first kappa shape index (κ1) is 13.3. The maximum absolute atomic E-state index is 12.4. The molecule has 1 aromatic rings. The molecule has 1 saturated carbocycles. The highest BCUT2D eigenvalue weighted by atomic mass is 35.5. The quantitative estimate of drug-likeness (QED) is 0.842. The number of aryl methyl sites for hydroxylation is 1. The largest absolute Gasteiger partial charge is 0.324 e. The molecule has 1 amide bonds. The summed E-state index contributed by atoms with van der Waals surface area (Å²) < 4.78 is 0. The molecule has 3 nitrogen and oxygen atoms in total. The Kier molecular flexibility index (Phi) is 3.91. The highest BCUT2D eigenvalue weighted by Crippen LogP contribution is 2.41. The zero-order valence-electron chi connectivity index (χ0n) is 10.9. The van der Waals surface area contributed by atoms with Crippen LogP contribution in [0.2, 0.25) is 5.15 Å². The molecule has 0 atom stereocenters. The van der Waals surface area contributed by atoms with E-state index in [9.17, 15) is 4.79 Å². The van der Waals surface area contributed by atoms with Crippen molar-refractivity contribution in [2.45, 2.75) is 46.0 Å². The molecule has 1 heterocycles. The van der Waals surface area contributed by atoms with Gasteiger partial charge in [-0.2, -0.15) is 0 Å². The summed E-state index contributed by atoms with van der Waals surface area (Å²) in [5.74, 6) is 0.134. The van der Waals surface area contributed by atoms with Gasteiger partial charge in [0.15, 0.2) is 0 Å². The van der Waals surface area contributed by atoms with E-state index in [2.05, 4.69) is 17.2 Å². The second-order valence-corrected chi connectivity index (χ2v) is 5.45. The summed E-state index contributed by atoms with van der Waals surface area (Å²) in [4.78, 5) is 16.6. The van der Waals surface area contributed by atoms with E-state index in [4.69, 9.17) is 11.6 Å². The Morgan fingerprint density at radius 3 is 2.67 bits per heavy atom. The van der Waals surface area contributed by atoms with Gasteiger partial charge in [-0.15, -0.1) is 0 Å². The van der Waals surface area contributed by atoms with Crippen molar-refractivity contribution in [3.63, 3.8) is 0 Å². The number of aromatic nitrogens is 1. The van der Waals surface area contributed by atoms with Gasteiger partial charge in [-0.3, -0.25) is 4.79 Å². The van der Waals surface area contributed by atoms with E-state index in [-0.39, 0.29) is 11.3 Å². The fourth-order valence-electron chi connectivity index (χ4n) is 2.71. The zero-order chi connectivity index (χ0) is 13.2. The number of carbonyl (C=O) groups is 1. The normalized spacial score (nSPS) is 17.7. The van der Waals surface area contributed by atoms with Crippen LogP contribution < -0.4 is 5.32 Å². The van der Waals surface area contributed by atoms with E-state index in [0.717, 1.165) is 43.5 Å². The number of anilines is 1. The van der Waals surface area contributed by atoms with Gasteiger partial charge in [-0.1, -0.05) is 31.4 Å². The first-order chi connectivity index (χ1) is 8.57. The van der Waals surface area contributed by atoms with Crippen molar-refractivity contribution < 1.29 is 4.79 Å². The Morgan fingerprint density at radius 2 is 2.11 bits per heavy atom. The standard InChI is InChI=1S/C14H19ClN2O/c1-3-14(8-4-5-9-14)13(18)17-11-6-7-12(15)16-10(11)2/h6-7H,3-5,8-9H2,1-2H3,(H,17,18). The Morgan fingerprint density at radius 1 is 1.44 bits per heavy atom. The van der Waals surface area contributed by atoms with Crippen molar-refractivity contribution in [2.75, 3.05) is 5.32 Å². The van der Waals surface area contributed by atoms with Crippen LogP contribution in [0.15, 0.2) is 12.1 Å². The number of pyridine rings is 1. The third-order valence-electron chi connectivity index (χ3n) is 4.02. The van der Waals surface area contributed by atoms with Gasteiger partial charge in [-0.05, 0) is 38.3 Å². The molecule has 4 heteroatoms. The van der Waals surface area contributed by atoms with Crippen LogP contribution in [0.5, 0.6) is 0 Å². The lowest BCUT2D eigenvalue weighted by molar-refractivity contribution is -0.125. The van der Waals surface area contributed by atoms with Gasteiger partial charge in [0.2, 0.25) is 5.91 Å². The maximum Gasteiger partial charge on any atom is 0.230 e. The Hall–Kier alpha value is -1.09. The van der Waals surface area contributed by atoms with E-state index < -0.39 is 0 Å². The number of hydrogen-bond donors (Lipinski definition) is 1. The second-order valence-electron chi connectivity index (χ2n) is 5.06. The van der Waals surface area contributed by atoms with Crippen molar-refractivity contribution in [2.24, 2.45) is 5.41 Å². The number of hydrogen-bond acceptors (Lipinski definition) is 2. The number of rotatable bonds is 3. The van der Waals surface area contributed by atoms with E-state index in [1.54, 1.807) is 6.07 Å². The van der Waals surface area contributed by atoms with Crippen molar-refractivity contribution in [1.82, 2.24) is 4.98 Å². The summed E-state index contributed by atoms with van der Waals surface area (Å²) in [6.45, 7) is 3.95. The first-order valence-electron chi connectivity index (χ1n) is 6.52. The molecule has 1 aliphatic carbocycles. The SMILES string of the molecule is CCC1(C(=O)Nc2ccc(Cl)nc2C)CCCC1. The number of nitrogens with zero attached hydrogens (tertiary/aromatic N) is 1. The summed E-state index contributed by atoms with van der Waals surface area (Å²) in [5, 5.41) is 3.47. The van der Waals surface area contributed by atoms with Crippen LogP contribution in [0.3, 0.4) is 0 Å². The minimum absolute atomic E-state index is 0.134. The Bertz CT molecular complexity index is 453. The molecule has 0 bridgehead atoms. The van der Waals surface area contributed by atoms with Crippen LogP contribution in [0, 0.1) is 12.3 Å². The van der Waals surface area contributed by atoms with E-state index in [0.29, 0.717) is 5.15 Å². The van der Waals surface area contributed by atoms with Crippen LogP contribution >= 0.6 is 11.6 Å². The summed E-state index contributed by atoms with van der Waals surface area (Å²) in [6, 6.07) is 3.53. The predicted molar refractivity (Wildman–Crippen MR) is 73.8 cm³/mol. The molecule has 0 aromatic carbocycles. The molecule has 18 heavy (non-hydrogen) atoms. The number of amides is 1. The van der Waals surface area contributed by atoms with Gasteiger partial charge in [0, 0.05) is 5.41 Å². The topological polar surface area (TPSA) is 42.0 Å². The lowest BCUT2D eigenvalue weighted by atomic mass is 9.82. The Labute approximate surface area is 113 Å². The average molecular weight is 267 g/mol. The third kappa shape index (κ3) is 2.51. The summed E-state index contributed by atoms with van der Waals surface area (Å²) in [5.41, 5.74) is 1.36. The fraction of sp³-hybridized carbons (Fsp3) is 0.571. The Balaban J connectivity index is 2.15. The molecule has 0 spiro atoms. The third-order valence-corrected chi connectivity index (χ3v) is 4.23. The molecular formula is C14H19ClN2O. The minimum atomic E-state index is -0.175. The second kappa shape index (κ2) is 5.27. The van der Waals surface area contributed by atoms with Gasteiger partial charge in [-0.25, -0.2) is 4.98 Å². The first-order valence-corrected chi connectivity index (χ1v) is 6.90. The van der Waals surface area contributed by atoms with Gasteiger partial charge in [0.1, 0.15) is 5.15 Å². The lowest BCUT2D eigenvalue weighted by Gasteiger charge is -2.26. The van der Waals surface area contributed by atoms with Gasteiger partial charge < -0.3 is 5.32 Å². The fourth-order valence-corrected chi connectivity index (χ4v) is 2.90. The van der Waals surface area contributed by atoms with Crippen molar-refractivity contribution in [3.05, 3.63) is 23.0 Å². The highest BCUT2D eigenvalue weighted by molar-refractivity contribution is 6.29. The summed E-state index contributed by atoms with van der Waals surface area (Å²) in [7, 11) is 0. The van der Waals surface area contributed by atoms with Crippen LogP contribution in [-0.2, 0) is 4.79 Å². The number of halogens is 1. The van der Waals surface area contributed by atoms with Crippen LogP contribution in [0.4, 0.5) is 5.69 Å². The van der Waals surface area contributed by atoms with Crippen molar-refractivity contribution in [1.29, 1.82) is 0 Å². The molecule has 1 fully saturated rings. The lowest BCUT2D eigenvalue weighted by Crippen LogP contribution is -2.33. The molecule has 0 unspecified atom stereocenters. The molecule has 2 rings (SSSR count). The van der Waals surface area contributed by atoms with E-state index in [1.165, 1.54) is 0 Å². The summed E-state index contributed by atoms with van der Waals surface area (Å²) in [6.07, 6.45) is 5.20. The summed E-state index contributed by atoms with van der Waals surface area (Å²) >= 11 is 5.81. The van der Waals surface area contributed by atoms with Crippen molar-refractivity contribution >= 4 is 23.2 Å². The molecule has 1 aromatic heterocycles. The van der Waals surface area contributed by atoms with Crippen molar-refractivity contribution in [3.8, 4) is 0 Å². The number of carbonyl (C=O) groups excluding carboxylic acids is 1. The average Bonchev–Trinajstić information content (AvgIpc) is 2.82. The molecule has 0 radical (unpaired) electrons. The molecular weight excluding hydrogens is 248 g/mol. The smallest absolute Gasteiger partial charge is 0.230 e. The molecule has 1 N–H and O–H groups in total. The molecule has 1 aliphatic rings. The molecule has 0 aliphatic heterocycles. The van der Waals surface area contributed by atoms with E-state index >= 15 is 0 Å². The van der Waals surface area contributed by atoms with Gasteiger partial charge in [0.05, 0.1) is 11.4 Å². The zero-order valence-corrected chi connectivity index (χ0v) is 11.7. The van der Waals surface area contributed by atoms with Gasteiger partial charge >= 0.3 is 0 Å². The monoisotopic (exact) mass is 266 g/mol. The van der Waals surface area contributed by atoms with Crippen LogP contribution in [-0.4, -0.2) is 10.9 Å². The molecule has 0 saturated heterocycles. The van der Waals surface area contributed by atoms with Crippen LogP contribution in [0.25, 0.3) is 0 Å². The maximum atomic E-state index is 12.4. The van der Waals surface area contributed by atoms with E-state index in [1.807, 2.05) is 13.0 Å². The van der Waals surface area contributed by atoms with Gasteiger partial charge in [0.25, 0.3) is 0 Å². The number of nitrogens with one attached hydrogen (secondary N) is 1. The van der Waals surface area contributed by atoms with Crippen LogP contribution in [0.1, 0.15) is 44.7 Å².